The summed E-state index contributed by atoms with van der Waals surface area (Å²) in [6.45, 7) is 1.20. The molecule has 1 amide bonds. The second kappa shape index (κ2) is 6.95. The van der Waals surface area contributed by atoms with Gasteiger partial charge in [0.2, 0.25) is 0 Å². The molecule has 110 valence electrons. The number of carbonyl (C=O) groups is 1. The van der Waals surface area contributed by atoms with E-state index in [1.807, 2.05) is 4.90 Å². The van der Waals surface area contributed by atoms with E-state index in [0.717, 1.165) is 32.1 Å². The van der Waals surface area contributed by atoms with Gasteiger partial charge in [0.15, 0.2) is 0 Å². The van der Waals surface area contributed by atoms with Crippen LogP contribution in [0.5, 0.6) is 5.75 Å². The molecule has 0 atom stereocenters. The fourth-order valence-corrected chi connectivity index (χ4v) is 2.96. The van der Waals surface area contributed by atoms with Crippen LogP contribution in [0.2, 0.25) is 5.02 Å². The lowest BCUT2D eigenvalue weighted by Crippen LogP contribution is -2.40. The van der Waals surface area contributed by atoms with E-state index in [1.54, 1.807) is 6.07 Å². The van der Waals surface area contributed by atoms with E-state index in [0.29, 0.717) is 23.7 Å². The third-order valence-corrected chi connectivity index (χ3v) is 4.14. The van der Waals surface area contributed by atoms with Gasteiger partial charge in [0, 0.05) is 12.6 Å². The molecule has 20 heavy (non-hydrogen) atoms. The number of nitrogens with zero attached hydrogens (tertiary/aromatic N) is 1. The van der Waals surface area contributed by atoms with Crippen molar-refractivity contribution in [1.82, 2.24) is 4.90 Å². The van der Waals surface area contributed by atoms with Crippen LogP contribution in [0.4, 0.5) is 0 Å². The minimum atomic E-state index is -0.105. The van der Waals surface area contributed by atoms with Crippen molar-refractivity contribution >= 4 is 17.5 Å². The highest BCUT2D eigenvalue weighted by molar-refractivity contribution is 6.33. The van der Waals surface area contributed by atoms with Crippen LogP contribution >= 0.6 is 11.6 Å². The van der Waals surface area contributed by atoms with Gasteiger partial charge in [-0.05, 0) is 44.0 Å². The first-order valence-corrected chi connectivity index (χ1v) is 7.51. The molecule has 0 unspecified atom stereocenters. The van der Waals surface area contributed by atoms with Crippen LogP contribution in [0.1, 0.15) is 42.5 Å². The van der Waals surface area contributed by atoms with Gasteiger partial charge in [-0.3, -0.25) is 4.79 Å². The lowest BCUT2D eigenvalue weighted by molar-refractivity contribution is 0.0680. The maximum absolute atomic E-state index is 12.7. The van der Waals surface area contributed by atoms with Crippen LogP contribution in [-0.4, -0.2) is 35.0 Å². The topological polar surface area (TPSA) is 66.6 Å². The van der Waals surface area contributed by atoms with Gasteiger partial charge in [-0.15, -0.1) is 0 Å². The van der Waals surface area contributed by atoms with E-state index in [4.69, 9.17) is 17.3 Å². The molecule has 0 spiro atoms. The minimum Gasteiger partial charge on any atom is -0.508 e. The van der Waals surface area contributed by atoms with Crippen molar-refractivity contribution in [3.63, 3.8) is 0 Å². The summed E-state index contributed by atoms with van der Waals surface area (Å²) in [6, 6.07) is 4.75. The second-order valence-electron chi connectivity index (χ2n) is 5.24. The number of benzene rings is 1. The van der Waals surface area contributed by atoms with E-state index in [9.17, 15) is 9.90 Å². The molecule has 1 aliphatic rings. The van der Waals surface area contributed by atoms with Gasteiger partial charge >= 0.3 is 0 Å². The largest absolute Gasteiger partial charge is 0.508 e. The van der Waals surface area contributed by atoms with Crippen LogP contribution in [-0.2, 0) is 0 Å². The number of nitrogens with two attached hydrogens (primary N) is 1. The van der Waals surface area contributed by atoms with E-state index in [-0.39, 0.29) is 17.7 Å². The Labute approximate surface area is 124 Å². The molecule has 3 N–H and O–H groups in total. The third kappa shape index (κ3) is 3.44. The number of phenolic OH excluding ortho intramolecular Hbond substituents is 1. The lowest BCUT2D eigenvalue weighted by atomic mass is 10.1. The molecule has 1 saturated carbocycles. The Kier molecular flexibility index (Phi) is 5.26. The third-order valence-electron chi connectivity index (χ3n) is 3.81. The van der Waals surface area contributed by atoms with E-state index in [2.05, 4.69) is 0 Å². The minimum absolute atomic E-state index is 0.0583. The number of amides is 1. The monoisotopic (exact) mass is 296 g/mol. The summed E-state index contributed by atoms with van der Waals surface area (Å²) in [5.41, 5.74) is 5.94. The van der Waals surface area contributed by atoms with Gasteiger partial charge < -0.3 is 15.7 Å². The number of halogens is 1. The average Bonchev–Trinajstić information content (AvgIpc) is 2.95. The van der Waals surface area contributed by atoms with Gasteiger partial charge in [0.05, 0.1) is 10.6 Å². The van der Waals surface area contributed by atoms with Crippen molar-refractivity contribution < 1.29 is 9.90 Å². The molecule has 1 aromatic carbocycles. The summed E-state index contributed by atoms with van der Waals surface area (Å²) >= 11 is 6.09. The average molecular weight is 297 g/mol. The highest BCUT2D eigenvalue weighted by Crippen LogP contribution is 2.28. The summed E-state index contributed by atoms with van der Waals surface area (Å²) in [5.74, 6) is -0.0470. The number of carbonyl (C=O) groups excluding carboxylic acids is 1. The van der Waals surface area contributed by atoms with Crippen molar-refractivity contribution in [2.75, 3.05) is 13.1 Å². The zero-order valence-corrected chi connectivity index (χ0v) is 12.3. The first-order valence-electron chi connectivity index (χ1n) is 7.13. The maximum Gasteiger partial charge on any atom is 0.255 e. The molecule has 0 radical (unpaired) electrons. The number of hydrogen-bond donors (Lipinski definition) is 2. The van der Waals surface area contributed by atoms with E-state index in [1.165, 1.54) is 12.1 Å². The Hall–Kier alpha value is -1.26. The molecule has 1 aliphatic carbocycles. The second-order valence-corrected chi connectivity index (χ2v) is 5.65. The van der Waals surface area contributed by atoms with E-state index >= 15 is 0 Å². The van der Waals surface area contributed by atoms with Crippen LogP contribution in [0, 0.1) is 0 Å². The summed E-state index contributed by atoms with van der Waals surface area (Å²) < 4.78 is 0. The lowest BCUT2D eigenvalue weighted by Gasteiger charge is -2.29. The zero-order valence-electron chi connectivity index (χ0n) is 11.5. The van der Waals surface area contributed by atoms with Crippen molar-refractivity contribution in [1.29, 1.82) is 0 Å². The molecule has 1 aromatic rings. The molecule has 1 fully saturated rings. The number of hydrogen-bond acceptors (Lipinski definition) is 3. The predicted molar refractivity (Wildman–Crippen MR) is 80.1 cm³/mol. The summed E-state index contributed by atoms with van der Waals surface area (Å²) in [4.78, 5) is 14.6. The molecule has 5 heteroatoms. The smallest absolute Gasteiger partial charge is 0.255 e. The number of rotatable bonds is 5. The van der Waals surface area contributed by atoms with Crippen molar-refractivity contribution in [3.8, 4) is 5.75 Å². The number of phenols is 1. The molecule has 2 rings (SSSR count). The molecular formula is C15H21ClN2O2. The van der Waals surface area contributed by atoms with Gasteiger partial charge in [-0.2, -0.15) is 0 Å². The van der Waals surface area contributed by atoms with Gasteiger partial charge in [0.25, 0.3) is 5.91 Å². The SMILES string of the molecule is NCCCN(C(=O)c1cc(O)ccc1Cl)C1CCCC1. The molecule has 0 saturated heterocycles. The first-order chi connectivity index (χ1) is 9.63. The highest BCUT2D eigenvalue weighted by Gasteiger charge is 2.28. The molecule has 0 aromatic heterocycles. The quantitative estimate of drug-likeness (QED) is 0.878. The Morgan fingerprint density at radius 1 is 1.40 bits per heavy atom. The van der Waals surface area contributed by atoms with Crippen LogP contribution < -0.4 is 5.73 Å². The standard InChI is InChI=1S/C15H21ClN2O2/c16-14-7-6-12(19)10-13(14)15(20)18(9-3-8-17)11-4-1-2-5-11/h6-7,10-11,19H,1-5,8-9,17H2. The summed E-state index contributed by atoms with van der Waals surface area (Å²) in [7, 11) is 0. The maximum atomic E-state index is 12.7. The van der Waals surface area contributed by atoms with Crippen LogP contribution in [0.25, 0.3) is 0 Å². The predicted octanol–water partition coefficient (Wildman–Crippen LogP) is 2.78. The van der Waals surface area contributed by atoms with Gasteiger partial charge in [0.1, 0.15) is 5.75 Å². The molecule has 0 aliphatic heterocycles. The molecule has 0 bridgehead atoms. The summed E-state index contributed by atoms with van der Waals surface area (Å²) in [5, 5.41) is 9.94. The van der Waals surface area contributed by atoms with Crippen molar-refractivity contribution in [2.45, 2.75) is 38.1 Å². The normalized spacial score (nSPS) is 15.5. The van der Waals surface area contributed by atoms with Gasteiger partial charge in [-0.1, -0.05) is 24.4 Å². The Morgan fingerprint density at radius 2 is 2.10 bits per heavy atom. The molecular weight excluding hydrogens is 276 g/mol. The van der Waals surface area contributed by atoms with Crippen LogP contribution in [0.15, 0.2) is 18.2 Å². The van der Waals surface area contributed by atoms with Gasteiger partial charge in [-0.25, -0.2) is 0 Å². The summed E-state index contributed by atoms with van der Waals surface area (Å²) in [6.07, 6.45) is 5.16. The van der Waals surface area contributed by atoms with E-state index < -0.39 is 0 Å². The van der Waals surface area contributed by atoms with Crippen molar-refractivity contribution in [2.24, 2.45) is 5.73 Å². The Morgan fingerprint density at radius 3 is 2.75 bits per heavy atom. The molecule has 0 heterocycles. The van der Waals surface area contributed by atoms with Crippen LogP contribution in [0.3, 0.4) is 0 Å². The fraction of sp³-hybridized carbons (Fsp3) is 0.533. The van der Waals surface area contributed by atoms with Crippen molar-refractivity contribution in [3.05, 3.63) is 28.8 Å². The highest BCUT2D eigenvalue weighted by atomic mass is 35.5. The first kappa shape index (κ1) is 15.1. The Balaban J connectivity index is 2.22. The zero-order chi connectivity index (χ0) is 14.5. The Bertz CT molecular complexity index is 473. The number of aromatic hydroxyl groups is 1. The fourth-order valence-electron chi connectivity index (χ4n) is 2.76. The molecule has 4 nitrogen and oxygen atoms in total.